The highest BCUT2D eigenvalue weighted by Crippen LogP contribution is 2.20. The lowest BCUT2D eigenvalue weighted by Gasteiger charge is -2.20. The zero-order chi connectivity index (χ0) is 17.9. The first kappa shape index (κ1) is 17.5. The van der Waals surface area contributed by atoms with Crippen molar-refractivity contribution in [1.29, 1.82) is 0 Å². The SMILES string of the molecule is CC(O)(CNC(=O)C(=O)Nc1ccc(F)c(F)c1F)c1ccco1. The fourth-order valence-electron chi connectivity index (χ4n) is 1.81. The smallest absolute Gasteiger partial charge is 0.313 e. The van der Waals surface area contributed by atoms with Gasteiger partial charge in [-0.2, -0.15) is 0 Å². The molecule has 0 saturated carbocycles. The van der Waals surface area contributed by atoms with Gasteiger partial charge in [-0.15, -0.1) is 0 Å². The summed E-state index contributed by atoms with van der Waals surface area (Å²) in [7, 11) is 0. The molecule has 1 unspecified atom stereocenters. The van der Waals surface area contributed by atoms with E-state index in [1.165, 1.54) is 25.3 Å². The highest BCUT2D eigenvalue weighted by atomic mass is 19.2. The maximum atomic E-state index is 13.4. The first-order valence-electron chi connectivity index (χ1n) is 6.71. The second-order valence-corrected chi connectivity index (χ2v) is 5.11. The quantitative estimate of drug-likeness (QED) is 0.582. The number of furan rings is 1. The van der Waals surface area contributed by atoms with E-state index in [0.717, 1.165) is 6.07 Å². The van der Waals surface area contributed by atoms with Gasteiger partial charge in [0.1, 0.15) is 11.4 Å². The van der Waals surface area contributed by atoms with Crippen molar-refractivity contribution < 1.29 is 32.3 Å². The number of carbonyl (C=O) groups excluding carboxylic acids is 2. The zero-order valence-electron chi connectivity index (χ0n) is 12.4. The van der Waals surface area contributed by atoms with E-state index in [1.807, 2.05) is 5.32 Å². The lowest BCUT2D eigenvalue weighted by atomic mass is 10.0. The topological polar surface area (TPSA) is 91.6 Å². The fraction of sp³-hybridized carbons (Fsp3) is 0.200. The third-order valence-electron chi connectivity index (χ3n) is 3.13. The number of anilines is 1. The monoisotopic (exact) mass is 342 g/mol. The number of halogens is 3. The summed E-state index contributed by atoms with van der Waals surface area (Å²) in [5, 5.41) is 14.1. The van der Waals surface area contributed by atoms with E-state index in [9.17, 15) is 27.9 Å². The first-order valence-corrected chi connectivity index (χ1v) is 6.71. The van der Waals surface area contributed by atoms with Gasteiger partial charge in [-0.05, 0) is 31.2 Å². The van der Waals surface area contributed by atoms with E-state index in [4.69, 9.17) is 4.42 Å². The predicted octanol–water partition coefficient (Wildman–Crippen LogP) is 1.66. The second-order valence-electron chi connectivity index (χ2n) is 5.11. The van der Waals surface area contributed by atoms with Crippen LogP contribution in [0, 0.1) is 17.5 Å². The number of carbonyl (C=O) groups is 2. The van der Waals surface area contributed by atoms with E-state index in [0.29, 0.717) is 6.07 Å². The number of rotatable bonds is 4. The number of hydrogen-bond donors (Lipinski definition) is 3. The highest BCUT2D eigenvalue weighted by Gasteiger charge is 2.28. The normalized spacial score (nSPS) is 13.2. The van der Waals surface area contributed by atoms with E-state index in [1.54, 1.807) is 0 Å². The van der Waals surface area contributed by atoms with Gasteiger partial charge in [-0.25, -0.2) is 13.2 Å². The summed E-state index contributed by atoms with van der Waals surface area (Å²) < 4.78 is 44.3. The van der Waals surface area contributed by atoms with Crippen molar-refractivity contribution >= 4 is 17.5 Å². The Morgan fingerprint density at radius 2 is 1.88 bits per heavy atom. The maximum absolute atomic E-state index is 13.4. The molecule has 0 fully saturated rings. The van der Waals surface area contributed by atoms with Gasteiger partial charge in [0, 0.05) is 0 Å². The number of amides is 2. The van der Waals surface area contributed by atoms with Crippen molar-refractivity contribution in [2.75, 3.05) is 11.9 Å². The molecule has 0 bridgehead atoms. The summed E-state index contributed by atoms with van der Waals surface area (Å²) in [4.78, 5) is 23.3. The molecule has 1 heterocycles. The third kappa shape index (κ3) is 3.74. The molecule has 2 amide bonds. The summed E-state index contributed by atoms with van der Waals surface area (Å²) in [5.74, 6) is -7.17. The lowest BCUT2D eigenvalue weighted by molar-refractivity contribution is -0.136. The molecule has 9 heteroatoms. The van der Waals surface area contributed by atoms with Crippen molar-refractivity contribution in [1.82, 2.24) is 5.32 Å². The summed E-state index contributed by atoms with van der Waals surface area (Å²) >= 11 is 0. The van der Waals surface area contributed by atoms with Crippen LogP contribution >= 0.6 is 0 Å². The zero-order valence-corrected chi connectivity index (χ0v) is 12.4. The van der Waals surface area contributed by atoms with Gasteiger partial charge in [0.05, 0.1) is 18.5 Å². The van der Waals surface area contributed by atoms with Crippen molar-refractivity contribution in [3.05, 3.63) is 53.7 Å². The molecule has 2 rings (SSSR count). The van der Waals surface area contributed by atoms with Crippen LogP contribution in [0.15, 0.2) is 34.9 Å². The molecular formula is C15H13F3N2O4. The van der Waals surface area contributed by atoms with Gasteiger partial charge in [-0.1, -0.05) is 0 Å². The number of hydrogen-bond acceptors (Lipinski definition) is 4. The summed E-state index contributed by atoms with van der Waals surface area (Å²) in [6, 6.07) is 4.39. The molecule has 6 nitrogen and oxygen atoms in total. The number of aliphatic hydroxyl groups is 1. The average Bonchev–Trinajstić information content (AvgIpc) is 3.08. The Morgan fingerprint density at radius 3 is 2.50 bits per heavy atom. The largest absolute Gasteiger partial charge is 0.466 e. The van der Waals surface area contributed by atoms with Crippen LogP contribution in [-0.2, 0) is 15.2 Å². The standard InChI is InChI=1S/C15H13F3N2O4/c1-15(23,10-3-2-6-24-10)7-19-13(21)14(22)20-9-5-4-8(16)11(17)12(9)18/h2-6,23H,7H2,1H3,(H,19,21)(H,20,22). The van der Waals surface area contributed by atoms with Gasteiger partial charge < -0.3 is 20.2 Å². The van der Waals surface area contributed by atoms with E-state index in [2.05, 4.69) is 5.32 Å². The van der Waals surface area contributed by atoms with Crippen LogP contribution in [0.4, 0.5) is 18.9 Å². The lowest BCUT2D eigenvalue weighted by Crippen LogP contribution is -2.43. The van der Waals surface area contributed by atoms with Crippen molar-refractivity contribution in [2.45, 2.75) is 12.5 Å². The molecule has 2 aromatic rings. The number of nitrogens with one attached hydrogen (secondary N) is 2. The van der Waals surface area contributed by atoms with Crippen LogP contribution in [0.25, 0.3) is 0 Å². The minimum atomic E-state index is -1.77. The predicted molar refractivity (Wildman–Crippen MR) is 76.2 cm³/mol. The van der Waals surface area contributed by atoms with Crippen LogP contribution < -0.4 is 10.6 Å². The maximum Gasteiger partial charge on any atom is 0.313 e. The molecule has 24 heavy (non-hydrogen) atoms. The second kappa shape index (κ2) is 6.75. The molecule has 3 N–H and O–H groups in total. The minimum Gasteiger partial charge on any atom is -0.466 e. The third-order valence-corrected chi connectivity index (χ3v) is 3.13. The van der Waals surface area contributed by atoms with Crippen LogP contribution in [0.2, 0.25) is 0 Å². The van der Waals surface area contributed by atoms with Crippen molar-refractivity contribution in [3.8, 4) is 0 Å². The van der Waals surface area contributed by atoms with E-state index >= 15 is 0 Å². The molecule has 0 saturated heterocycles. The molecular weight excluding hydrogens is 329 g/mol. The fourth-order valence-corrected chi connectivity index (χ4v) is 1.81. The summed E-state index contributed by atoms with van der Waals surface area (Å²) in [5.41, 5.74) is -2.26. The van der Waals surface area contributed by atoms with Gasteiger partial charge in [0.25, 0.3) is 0 Å². The van der Waals surface area contributed by atoms with E-state index in [-0.39, 0.29) is 12.3 Å². The van der Waals surface area contributed by atoms with Gasteiger partial charge in [0.15, 0.2) is 17.5 Å². The average molecular weight is 342 g/mol. The van der Waals surface area contributed by atoms with Crippen LogP contribution in [0.3, 0.4) is 0 Å². The Hall–Kier alpha value is -2.81. The summed E-state index contributed by atoms with van der Waals surface area (Å²) in [6.45, 7) is 0.978. The van der Waals surface area contributed by atoms with Crippen LogP contribution in [0.1, 0.15) is 12.7 Å². The molecule has 0 spiro atoms. The molecule has 0 aliphatic rings. The molecule has 0 aliphatic carbocycles. The Labute approximate surface area is 134 Å². The molecule has 1 aromatic carbocycles. The molecule has 0 aliphatic heterocycles. The molecule has 1 atom stereocenters. The molecule has 0 radical (unpaired) electrons. The van der Waals surface area contributed by atoms with E-state index < -0.39 is 40.6 Å². The van der Waals surface area contributed by atoms with Gasteiger partial charge in [0.2, 0.25) is 0 Å². The Balaban J connectivity index is 1.98. The van der Waals surface area contributed by atoms with Crippen molar-refractivity contribution in [3.63, 3.8) is 0 Å². The van der Waals surface area contributed by atoms with Gasteiger partial charge >= 0.3 is 11.8 Å². The summed E-state index contributed by atoms with van der Waals surface area (Å²) in [6.07, 6.45) is 1.32. The number of benzene rings is 1. The Morgan fingerprint density at radius 1 is 1.17 bits per heavy atom. The first-order chi connectivity index (χ1) is 11.2. The Kier molecular flexibility index (Phi) is 4.93. The molecule has 1 aromatic heterocycles. The Bertz CT molecular complexity index is 760. The van der Waals surface area contributed by atoms with Crippen LogP contribution in [-0.4, -0.2) is 23.5 Å². The molecule has 128 valence electrons. The van der Waals surface area contributed by atoms with Crippen LogP contribution in [0.5, 0.6) is 0 Å². The van der Waals surface area contributed by atoms with Crippen molar-refractivity contribution in [2.24, 2.45) is 0 Å². The minimum absolute atomic E-state index is 0.162. The van der Waals surface area contributed by atoms with Gasteiger partial charge in [-0.3, -0.25) is 9.59 Å². The highest BCUT2D eigenvalue weighted by molar-refractivity contribution is 6.39.